The monoisotopic (exact) mass is 722 g/mol. The van der Waals surface area contributed by atoms with Crippen molar-refractivity contribution in [3.8, 4) is 44.8 Å². The van der Waals surface area contributed by atoms with Crippen LogP contribution in [-0.4, -0.2) is 9.97 Å². The zero-order valence-corrected chi connectivity index (χ0v) is 31.9. The molecule has 0 saturated heterocycles. The largest absolute Gasteiger partial charge is 0.228 e. The van der Waals surface area contributed by atoms with Crippen LogP contribution in [0.4, 0.5) is 0 Å². The molecule has 0 fully saturated rings. The molecular weight excluding hydrogens is 677 g/mol. The summed E-state index contributed by atoms with van der Waals surface area (Å²) in [4.78, 5) is 10.3. The lowest BCUT2D eigenvalue weighted by Crippen LogP contribution is -2.30. The van der Waals surface area contributed by atoms with Crippen LogP contribution in [0.15, 0.2) is 175 Å². The summed E-state index contributed by atoms with van der Waals surface area (Å²) >= 11 is 0. The molecule has 0 saturated carbocycles. The van der Waals surface area contributed by atoms with Crippen LogP contribution >= 0.6 is 0 Å². The molecule has 0 amide bonds. The van der Waals surface area contributed by atoms with E-state index in [4.69, 9.17) is 9.97 Å². The van der Waals surface area contributed by atoms with Gasteiger partial charge in [0.05, 0.1) is 16.8 Å². The van der Waals surface area contributed by atoms with Crippen molar-refractivity contribution in [2.45, 2.75) is 63.2 Å². The van der Waals surface area contributed by atoms with Crippen molar-refractivity contribution in [2.75, 3.05) is 0 Å². The first kappa shape index (κ1) is 34.4. The maximum absolute atomic E-state index is 5.17. The average Bonchev–Trinajstić information content (AvgIpc) is 3.38. The fraction of sp³-hybridized carbons (Fsp3) is 0.185. The van der Waals surface area contributed by atoms with Crippen LogP contribution in [0.2, 0.25) is 0 Å². The van der Waals surface area contributed by atoms with E-state index in [1.165, 1.54) is 74.1 Å². The number of rotatable bonds is 7. The van der Waals surface area contributed by atoms with E-state index < -0.39 is 0 Å². The lowest BCUT2D eigenvalue weighted by molar-refractivity contribution is 0.612. The zero-order chi connectivity index (χ0) is 37.3. The van der Waals surface area contributed by atoms with E-state index in [1.807, 2.05) is 0 Å². The summed E-state index contributed by atoms with van der Waals surface area (Å²) in [7, 11) is 0. The third-order valence-electron chi connectivity index (χ3n) is 12.3. The molecule has 0 aliphatic heterocycles. The molecule has 1 unspecified atom stereocenters. The minimum Gasteiger partial charge on any atom is -0.228 e. The standard InChI is InChI=1S/C54H46N2/c1-2-7-19-39(18-6-1)50-37-51(40-20-8-3-9-21-40)56-53(55-50)41-34-32-38(33-35-41)42-22-16-23-43(36-42)46-29-17-31-49-52(46)47-28-14-15-30-48(47)54(49,44-24-10-4-11-25-44)45-26-12-5-13-27-45/h1,4,6,8,10-11,14-18,20-26,28-37H,2-3,5,7,9,12-13,19,27H2. The molecule has 0 spiro atoms. The Morgan fingerprint density at radius 2 is 1.29 bits per heavy atom. The van der Waals surface area contributed by atoms with Gasteiger partial charge in [-0.2, -0.15) is 0 Å². The fourth-order valence-electron chi connectivity index (χ4n) is 9.64. The molecule has 0 N–H and O–H groups in total. The zero-order valence-electron chi connectivity index (χ0n) is 31.9. The average molecular weight is 723 g/mol. The Hall–Kier alpha value is -6.12. The number of allylic oxidation sites excluding steroid dienone is 10. The van der Waals surface area contributed by atoms with Crippen molar-refractivity contribution < 1.29 is 0 Å². The highest BCUT2D eigenvalue weighted by Crippen LogP contribution is 2.59. The highest BCUT2D eigenvalue weighted by molar-refractivity contribution is 5.96. The number of hydrogen-bond donors (Lipinski definition) is 0. The van der Waals surface area contributed by atoms with Gasteiger partial charge in [-0.25, -0.2) is 9.97 Å². The molecule has 1 aromatic heterocycles. The van der Waals surface area contributed by atoms with Gasteiger partial charge in [0.2, 0.25) is 0 Å². The first-order valence-corrected chi connectivity index (χ1v) is 20.6. The van der Waals surface area contributed by atoms with E-state index in [0.717, 1.165) is 67.7 Å². The molecule has 56 heavy (non-hydrogen) atoms. The van der Waals surface area contributed by atoms with Gasteiger partial charge in [-0.15, -0.1) is 0 Å². The van der Waals surface area contributed by atoms with Crippen LogP contribution in [-0.2, 0) is 5.41 Å². The Labute approximate surface area is 331 Å². The molecule has 1 atom stereocenters. The quantitative estimate of drug-likeness (QED) is 0.153. The van der Waals surface area contributed by atoms with Gasteiger partial charge < -0.3 is 0 Å². The van der Waals surface area contributed by atoms with E-state index in [9.17, 15) is 0 Å². The molecule has 5 aromatic carbocycles. The van der Waals surface area contributed by atoms with Gasteiger partial charge >= 0.3 is 0 Å². The second-order valence-electron chi connectivity index (χ2n) is 15.6. The molecule has 6 aromatic rings. The summed E-state index contributed by atoms with van der Waals surface area (Å²) in [5, 5.41) is 0. The van der Waals surface area contributed by atoms with E-state index >= 15 is 0 Å². The van der Waals surface area contributed by atoms with E-state index in [0.29, 0.717) is 0 Å². The van der Waals surface area contributed by atoms with Crippen LogP contribution in [0, 0.1) is 0 Å². The maximum Gasteiger partial charge on any atom is 0.160 e. The molecule has 272 valence electrons. The van der Waals surface area contributed by atoms with Crippen molar-refractivity contribution in [1.82, 2.24) is 9.97 Å². The van der Waals surface area contributed by atoms with E-state index in [1.54, 1.807) is 5.57 Å². The van der Waals surface area contributed by atoms with Gasteiger partial charge in [0.15, 0.2) is 5.82 Å². The van der Waals surface area contributed by atoms with Crippen molar-refractivity contribution in [3.63, 3.8) is 0 Å². The summed E-state index contributed by atoms with van der Waals surface area (Å²) in [6, 6.07) is 47.6. The first-order valence-electron chi connectivity index (χ1n) is 20.6. The molecule has 0 radical (unpaired) electrons. The van der Waals surface area contributed by atoms with E-state index in [2.05, 4.69) is 170 Å². The second kappa shape index (κ2) is 14.8. The molecule has 1 heterocycles. The molecule has 4 aliphatic carbocycles. The second-order valence-corrected chi connectivity index (χ2v) is 15.6. The molecule has 0 bridgehead atoms. The van der Waals surface area contributed by atoms with Crippen molar-refractivity contribution >= 4 is 11.1 Å². The van der Waals surface area contributed by atoms with Gasteiger partial charge in [-0.05, 0) is 131 Å². The number of fused-ring (bicyclic) bond motifs is 3. The summed E-state index contributed by atoms with van der Waals surface area (Å²) in [6.45, 7) is 0. The van der Waals surface area contributed by atoms with Crippen LogP contribution in [0.3, 0.4) is 0 Å². The third kappa shape index (κ3) is 6.05. The maximum atomic E-state index is 5.17. The summed E-state index contributed by atoms with van der Waals surface area (Å²) < 4.78 is 0. The Bertz CT molecular complexity index is 2600. The van der Waals surface area contributed by atoms with Crippen LogP contribution < -0.4 is 0 Å². The Morgan fingerprint density at radius 1 is 0.500 bits per heavy atom. The first-order chi connectivity index (χ1) is 27.8. The Balaban J connectivity index is 1.05. The highest BCUT2D eigenvalue weighted by Gasteiger charge is 2.47. The minimum absolute atomic E-state index is 0.288. The van der Waals surface area contributed by atoms with Crippen LogP contribution in [0.25, 0.3) is 55.9 Å². The normalized spacial score (nSPS) is 18.7. The van der Waals surface area contributed by atoms with Crippen molar-refractivity contribution in [1.29, 1.82) is 0 Å². The summed E-state index contributed by atoms with van der Waals surface area (Å²) in [5.74, 6) is 0.778. The van der Waals surface area contributed by atoms with Gasteiger partial charge in [0.25, 0.3) is 0 Å². The molecule has 4 aliphatic rings. The number of hydrogen-bond acceptors (Lipinski definition) is 2. The van der Waals surface area contributed by atoms with Gasteiger partial charge in [-0.3, -0.25) is 0 Å². The van der Waals surface area contributed by atoms with Crippen molar-refractivity contribution in [3.05, 3.63) is 204 Å². The Morgan fingerprint density at radius 3 is 2.14 bits per heavy atom. The number of nitrogens with zero attached hydrogens (tertiary/aromatic N) is 2. The van der Waals surface area contributed by atoms with Crippen molar-refractivity contribution in [2.24, 2.45) is 0 Å². The number of benzene rings is 5. The van der Waals surface area contributed by atoms with Gasteiger partial charge in [-0.1, -0.05) is 163 Å². The van der Waals surface area contributed by atoms with Crippen LogP contribution in [0.1, 0.15) is 85.9 Å². The number of aromatic nitrogens is 2. The predicted molar refractivity (Wildman–Crippen MR) is 234 cm³/mol. The third-order valence-corrected chi connectivity index (χ3v) is 12.3. The minimum atomic E-state index is -0.288. The lowest BCUT2D eigenvalue weighted by atomic mass is 9.65. The topological polar surface area (TPSA) is 25.8 Å². The Kier molecular flexibility index (Phi) is 9.11. The SMILES string of the molecule is C1=CCCCC(c2cc(C3=CCCC=C3)nc(-c3ccc(-c4cccc(-c5cccc6c5-c5ccccc5C6(C5=CCCCC5)c5ccccc5)c4)cc3)n2)=C1. The van der Waals surface area contributed by atoms with Gasteiger partial charge in [0, 0.05) is 5.56 Å². The molecule has 10 rings (SSSR count). The smallest absolute Gasteiger partial charge is 0.160 e. The highest BCUT2D eigenvalue weighted by atomic mass is 14.9. The van der Waals surface area contributed by atoms with E-state index in [-0.39, 0.29) is 5.41 Å². The van der Waals surface area contributed by atoms with Crippen LogP contribution in [0.5, 0.6) is 0 Å². The lowest BCUT2D eigenvalue weighted by Gasteiger charge is -2.37. The van der Waals surface area contributed by atoms with Gasteiger partial charge in [0.1, 0.15) is 0 Å². The summed E-state index contributed by atoms with van der Waals surface area (Å²) in [6.07, 6.45) is 26.2. The molecule has 2 heteroatoms. The fourth-order valence-corrected chi connectivity index (χ4v) is 9.64. The predicted octanol–water partition coefficient (Wildman–Crippen LogP) is 14.1. The molecular formula is C54H46N2. The summed E-state index contributed by atoms with van der Waals surface area (Å²) in [5.41, 5.74) is 18.6. The molecule has 2 nitrogen and oxygen atoms in total.